The number of carbonyl (C=O) groups excluding carboxylic acids is 1. The Labute approximate surface area is 130 Å². The van der Waals surface area contributed by atoms with Gasteiger partial charge in [-0.15, -0.1) is 0 Å². The molecule has 0 spiro atoms. The van der Waals surface area contributed by atoms with Crippen molar-refractivity contribution in [2.75, 3.05) is 6.61 Å². The second-order valence-electron chi connectivity index (χ2n) is 5.06. The summed E-state index contributed by atoms with van der Waals surface area (Å²) in [5.41, 5.74) is 1.65. The predicted molar refractivity (Wildman–Crippen MR) is 85.8 cm³/mol. The van der Waals surface area contributed by atoms with Crippen LogP contribution in [0.25, 0.3) is 0 Å². The van der Waals surface area contributed by atoms with Crippen LogP contribution >= 0.6 is 0 Å². The molecule has 4 nitrogen and oxygen atoms in total. The van der Waals surface area contributed by atoms with Crippen LogP contribution in [-0.2, 0) is 6.61 Å². The van der Waals surface area contributed by atoms with Gasteiger partial charge in [-0.25, -0.2) is 0 Å². The Morgan fingerprint density at radius 1 is 1.14 bits per heavy atom. The first-order chi connectivity index (χ1) is 10.7. The molecule has 2 aromatic rings. The molecule has 0 bridgehead atoms. The minimum Gasteiger partial charge on any atom is -0.489 e. The summed E-state index contributed by atoms with van der Waals surface area (Å²) in [5.74, 6) is 0.533. The molecule has 116 valence electrons. The van der Waals surface area contributed by atoms with Gasteiger partial charge in [0, 0.05) is 5.56 Å². The van der Waals surface area contributed by atoms with Crippen LogP contribution in [-0.4, -0.2) is 23.7 Å². The van der Waals surface area contributed by atoms with Crippen molar-refractivity contribution in [1.82, 2.24) is 5.32 Å². The monoisotopic (exact) mass is 299 g/mol. The van der Waals surface area contributed by atoms with Gasteiger partial charge in [0.25, 0.3) is 5.91 Å². The lowest BCUT2D eigenvalue weighted by Gasteiger charge is -2.14. The predicted octanol–water partition coefficient (Wildman–Crippen LogP) is 2.77. The fraction of sp³-hybridized carbons (Fsp3) is 0.278. The molecule has 2 rings (SSSR count). The van der Waals surface area contributed by atoms with Crippen molar-refractivity contribution in [3.8, 4) is 5.75 Å². The molecule has 2 aromatic carbocycles. The third-order valence-electron chi connectivity index (χ3n) is 3.41. The van der Waals surface area contributed by atoms with E-state index in [1.807, 2.05) is 37.3 Å². The highest BCUT2D eigenvalue weighted by Gasteiger charge is 2.11. The van der Waals surface area contributed by atoms with Gasteiger partial charge in [0.15, 0.2) is 0 Å². The van der Waals surface area contributed by atoms with Gasteiger partial charge in [-0.1, -0.05) is 37.3 Å². The van der Waals surface area contributed by atoms with Crippen LogP contribution < -0.4 is 10.1 Å². The third-order valence-corrected chi connectivity index (χ3v) is 3.41. The topological polar surface area (TPSA) is 58.6 Å². The molecule has 4 heteroatoms. The van der Waals surface area contributed by atoms with Gasteiger partial charge >= 0.3 is 0 Å². The number of amides is 1. The summed E-state index contributed by atoms with van der Waals surface area (Å²) < 4.78 is 5.68. The lowest BCUT2D eigenvalue weighted by Crippen LogP contribution is -2.36. The molecule has 22 heavy (non-hydrogen) atoms. The fourth-order valence-electron chi connectivity index (χ4n) is 1.99. The molecule has 0 fully saturated rings. The van der Waals surface area contributed by atoms with Crippen molar-refractivity contribution in [1.29, 1.82) is 0 Å². The largest absolute Gasteiger partial charge is 0.489 e. The summed E-state index contributed by atoms with van der Waals surface area (Å²) in [4.78, 5) is 12.0. The van der Waals surface area contributed by atoms with E-state index < -0.39 is 0 Å². The zero-order valence-electron chi connectivity index (χ0n) is 12.7. The average molecular weight is 299 g/mol. The van der Waals surface area contributed by atoms with Gasteiger partial charge < -0.3 is 15.2 Å². The van der Waals surface area contributed by atoms with Crippen molar-refractivity contribution in [3.05, 3.63) is 65.7 Å². The van der Waals surface area contributed by atoms with Crippen molar-refractivity contribution < 1.29 is 14.6 Å². The van der Waals surface area contributed by atoms with Gasteiger partial charge in [-0.3, -0.25) is 4.79 Å². The Kier molecular flexibility index (Phi) is 5.98. The number of ether oxygens (including phenoxy) is 1. The number of carbonyl (C=O) groups is 1. The van der Waals surface area contributed by atoms with Crippen molar-refractivity contribution >= 4 is 5.91 Å². The Hall–Kier alpha value is -2.33. The Morgan fingerprint density at radius 2 is 1.82 bits per heavy atom. The van der Waals surface area contributed by atoms with Crippen LogP contribution in [0.2, 0.25) is 0 Å². The number of rotatable bonds is 7. The summed E-state index contributed by atoms with van der Waals surface area (Å²) in [6.07, 6.45) is 0.695. The molecule has 1 amide bonds. The Morgan fingerprint density at radius 3 is 2.41 bits per heavy atom. The average Bonchev–Trinajstić information content (AvgIpc) is 2.59. The smallest absolute Gasteiger partial charge is 0.251 e. The number of hydrogen-bond donors (Lipinski definition) is 2. The minimum atomic E-state index is -0.207. The molecule has 1 atom stereocenters. The lowest BCUT2D eigenvalue weighted by atomic mass is 10.1. The van der Waals surface area contributed by atoms with E-state index in [1.54, 1.807) is 24.3 Å². The summed E-state index contributed by atoms with van der Waals surface area (Å²) in [7, 11) is 0. The molecule has 0 radical (unpaired) electrons. The summed E-state index contributed by atoms with van der Waals surface area (Å²) >= 11 is 0. The molecule has 1 unspecified atom stereocenters. The van der Waals surface area contributed by atoms with E-state index in [2.05, 4.69) is 5.32 Å². The maximum Gasteiger partial charge on any atom is 0.251 e. The van der Waals surface area contributed by atoms with Crippen LogP contribution in [0.1, 0.15) is 29.3 Å². The quantitative estimate of drug-likeness (QED) is 0.826. The van der Waals surface area contributed by atoms with E-state index in [0.29, 0.717) is 18.6 Å². The molecule has 0 aliphatic heterocycles. The van der Waals surface area contributed by atoms with Gasteiger partial charge in [-0.2, -0.15) is 0 Å². The van der Waals surface area contributed by atoms with E-state index in [1.165, 1.54) is 0 Å². The maximum atomic E-state index is 12.0. The Balaban J connectivity index is 1.91. The zero-order valence-corrected chi connectivity index (χ0v) is 12.7. The standard InChI is InChI=1S/C18H21NO3/c1-2-16(12-20)19-18(21)15-8-10-17(11-9-15)22-13-14-6-4-3-5-7-14/h3-11,16,20H,2,12-13H2,1H3,(H,19,21). The molecular formula is C18H21NO3. The van der Waals surface area contributed by atoms with Crippen molar-refractivity contribution in [3.63, 3.8) is 0 Å². The molecule has 2 N–H and O–H groups in total. The van der Waals surface area contributed by atoms with Crippen LogP contribution in [0.5, 0.6) is 5.75 Å². The normalized spacial score (nSPS) is 11.7. The minimum absolute atomic E-state index is 0.0550. The third kappa shape index (κ3) is 4.60. The van der Waals surface area contributed by atoms with E-state index >= 15 is 0 Å². The van der Waals surface area contributed by atoms with Gasteiger partial charge in [0.1, 0.15) is 12.4 Å². The summed E-state index contributed by atoms with van der Waals surface area (Å²) in [5, 5.41) is 11.9. The van der Waals surface area contributed by atoms with Crippen molar-refractivity contribution in [2.24, 2.45) is 0 Å². The molecule has 0 aliphatic rings. The second kappa shape index (κ2) is 8.20. The van der Waals surface area contributed by atoms with Crippen LogP contribution in [0.15, 0.2) is 54.6 Å². The van der Waals surface area contributed by atoms with Crippen LogP contribution in [0.3, 0.4) is 0 Å². The van der Waals surface area contributed by atoms with E-state index in [-0.39, 0.29) is 18.6 Å². The zero-order chi connectivity index (χ0) is 15.8. The van der Waals surface area contributed by atoms with Crippen LogP contribution in [0, 0.1) is 0 Å². The first kappa shape index (κ1) is 16.0. The van der Waals surface area contributed by atoms with Gasteiger partial charge in [-0.05, 0) is 36.2 Å². The summed E-state index contributed by atoms with van der Waals surface area (Å²) in [6.45, 7) is 2.36. The molecular weight excluding hydrogens is 278 g/mol. The SMILES string of the molecule is CCC(CO)NC(=O)c1ccc(OCc2ccccc2)cc1. The molecule has 0 saturated heterocycles. The van der Waals surface area contributed by atoms with E-state index in [0.717, 1.165) is 11.3 Å². The van der Waals surface area contributed by atoms with Crippen LogP contribution in [0.4, 0.5) is 0 Å². The van der Waals surface area contributed by atoms with E-state index in [4.69, 9.17) is 9.84 Å². The lowest BCUT2D eigenvalue weighted by molar-refractivity contribution is 0.0915. The second-order valence-corrected chi connectivity index (χ2v) is 5.06. The highest BCUT2D eigenvalue weighted by Crippen LogP contribution is 2.14. The molecule has 0 heterocycles. The number of nitrogens with one attached hydrogen (secondary N) is 1. The number of aliphatic hydroxyl groups excluding tert-OH is 1. The Bertz CT molecular complexity index is 577. The molecule has 0 saturated carbocycles. The van der Waals surface area contributed by atoms with E-state index in [9.17, 15) is 4.79 Å². The first-order valence-electron chi connectivity index (χ1n) is 7.41. The molecule has 0 aliphatic carbocycles. The number of benzene rings is 2. The van der Waals surface area contributed by atoms with Crippen molar-refractivity contribution in [2.45, 2.75) is 26.0 Å². The fourth-order valence-corrected chi connectivity index (χ4v) is 1.99. The van der Waals surface area contributed by atoms with Gasteiger partial charge in [0.05, 0.1) is 12.6 Å². The highest BCUT2D eigenvalue weighted by atomic mass is 16.5. The molecule has 0 aromatic heterocycles. The first-order valence-corrected chi connectivity index (χ1v) is 7.41. The maximum absolute atomic E-state index is 12.0. The number of aliphatic hydroxyl groups is 1. The summed E-state index contributed by atoms with van der Waals surface area (Å²) in [6, 6.07) is 16.7. The highest BCUT2D eigenvalue weighted by molar-refractivity contribution is 5.94. The number of hydrogen-bond acceptors (Lipinski definition) is 3. The van der Waals surface area contributed by atoms with Gasteiger partial charge in [0.2, 0.25) is 0 Å².